The van der Waals surface area contributed by atoms with Crippen molar-refractivity contribution in [3.8, 4) is 22.4 Å². The van der Waals surface area contributed by atoms with Gasteiger partial charge in [0.15, 0.2) is 5.78 Å². The Labute approximate surface area is 154 Å². The minimum Gasteiger partial charge on any atom is -0.294 e. The van der Waals surface area contributed by atoms with Crippen molar-refractivity contribution in [1.29, 1.82) is 0 Å². The molecule has 0 fully saturated rings. The predicted octanol–water partition coefficient (Wildman–Crippen LogP) is 5.89. The van der Waals surface area contributed by atoms with Gasteiger partial charge in [-0.3, -0.25) is 9.78 Å². The number of benzene rings is 2. The van der Waals surface area contributed by atoms with Crippen LogP contribution in [0.4, 0.5) is 0 Å². The van der Waals surface area contributed by atoms with E-state index < -0.39 is 0 Å². The van der Waals surface area contributed by atoms with Crippen molar-refractivity contribution in [1.82, 2.24) is 4.98 Å². The zero-order valence-corrected chi connectivity index (χ0v) is 15.7. The number of rotatable bonds is 3. The summed E-state index contributed by atoms with van der Waals surface area (Å²) >= 11 is 0. The van der Waals surface area contributed by atoms with Gasteiger partial charge in [0.05, 0.1) is 5.69 Å². The van der Waals surface area contributed by atoms with Crippen LogP contribution in [-0.4, -0.2) is 10.8 Å². The van der Waals surface area contributed by atoms with Gasteiger partial charge in [0.25, 0.3) is 0 Å². The van der Waals surface area contributed by atoms with Gasteiger partial charge in [0.1, 0.15) is 0 Å². The summed E-state index contributed by atoms with van der Waals surface area (Å²) < 4.78 is 0. The van der Waals surface area contributed by atoms with Gasteiger partial charge in [0, 0.05) is 28.7 Å². The Hall–Kier alpha value is -2.74. The Kier molecular flexibility index (Phi) is 3.80. The van der Waals surface area contributed by atoms with Crippen LogP contribution >= 0.6 is 0 Å². The highest BCUT2D eigenvalue weighted by Gasteiger charge is 2.35. The minimum atomic E-state index is -0.0184. The molecule has 2 heteroatoms. The summed E-state index contributed by atoms with van der Waals surface area (Å²) in [6.45, 7) is 8.38. The van der Waals surface area contributed by atoms with Crippen LogP contribution in [0.5, 0.6) is 0 Å². The third-order valence-corrected chi connectivity index (χ3v) is 5.45. The van der Waals surface area contributed by atoms with Crippen molar-refractivity contribution in [2.75, 3.05) is 0 Å². The Morgan fingerprint density at radius 3 is 2.35 bits per heavy atom. The fraction of sp³-hybridized carbons (Fsp3) is 0.250. The number of carbonyl (C=O) groups excluding carboxylic acids is 1. The van der Waals surface area contributed by atoms with Gasteiger partial charge in [-0.2, -0.15) is 0 Å². The Morgan fingerprint density at radius 1 is 0.923 bits per heavy atom. The molecule has 0 aliphatic heterocycles. The van der Waals surface area contributed by atoms with E-state index in [1.807, 2.05) is 26.0 Å². The molecule has 0 amide bonds. The average Bonchev–Trinajstić information content (AvgIpc) is 2.89. The van der Waals surface area contributed by atoms with E-state index in [4.69, 9.17) is 0 Å². The molecule has 0 spiro atoms. The molecule has 1 aromatic heterocycles. The number of hydrogen-bond donors (Lipinski definition) is 0. The molecule has 0 saturated heterocycles. The van der Waals surface area contributed by atoms with Crippen LogP contribution in [0.25, 0.3) is 22.4 Å². The summed E-state index contributed by atoms with van der Waals surface area (Å²) in [6, 6.07) is 19.1. The number of carbonyl (C=O) groups is 1. The second kappa shape index (κ2) is 5.91. The highest BCUT2D eigenvalue weighted by molar-refractivity contribution is 5.97. The predicted molar refractivity (Wildman–Crippen MR) is 106 cm³/mol. The van der Waals surface area contributed by atoms with Crippen molar-refractivity contribution in [3.05, 3.63) is 77.5 Å². The van der Waals surface area contributed by atoms with Crippen LogP contribution < -0.4 is 0 Å². The zero-order chi connectivity index (χ0) is 18.5. The topological polar surface area (TPSA) is 30.0 Å². The monoisotopic (exact) mass is 341 g/mol. The molecule has 2 aromatic carbocycles. The molecule has 3 aromatic rings. The number of hydrogen-bond acceptors (Lipinski definition) is 2. The lowest BCUT2D eigenvalue weighted by Gasteiger charge is -2.21. The van der Waals surface area contributed by atoms with Gasteiger partial charge in [-0.1, -0.05) is 64.1 Å². The highest BCUT2D eigenvalue weighted by Crippen LogP contribution is 2.49. The van der Waals surface area contributed by atoms with Gasteiger partial charge >= 0.3 is 0 Å². The molecule has 26 heavy (non-hydrogen) atoms. The molecule has 0 bridgehead atoms. The quantitative estimate of drug-likeness (QED) is 0.556. The number of fused-ring (bicyclic) bond motifs is 3. The molecule has 0 radical (unpaired) electrons. The molecule has 1 aliphatic carbocycles. The summed E-state index contributed by atoms with van der Waals surface area (Å²) in [4.78, 5) is 16.7. The Morgan fingerprint density at radius 2 is 1.65 bits per heavy atom. The first-order chi connectivity index (χ1) is 12.4. The lowest BCUT2D eigenvalue weighted by Crippen LogP contribution is -2.14. The Bertz CT molecular complexity index is 997. The largest absolute Gasteiger partial charge is 0.294 e. The molecular weight excluding hydrogens is 318 g/mol. The zero-order valence-electron chi connectivity index (χ0n) is 15.7. The first kappa shape index (κ1) is 16.7. The smallest absolute Gasteiger partial charge is 0.166 e. The van der Waals surface area contributed by atoms with E-state index >= 15 is 0 Å². The van der Waals surface area contributed by atoms with Crippen LogP contribution in [0, 0.1) is 5.92 Å². The van der Waals surface area contributed by atoms with E-state index in [2.05, 4.69) is 61.3 Å². The van der Waals surface area contributed by atoms with E-state index in [-0.39, 0.29) is 17.1 Å². The SMILES string of the molecule is CC(C)C(=O)c1ccc(-c2ccc3c(c2)C(C)(C)c2ccccc2-3)nc1. The standard InChI is InChI=1S/C24H23NO/c1-15(2)23(26)17-10-12-22(25-14-17)16-9-11-19-18-7-5-6-8-20(18)24(3,4)21(19)13-16/h5-15H,1-4H3. The number of pyridine rings is 1. The average molecular weight is 341 g/mol. The first-order valence-electron chi connectivity index (χ1n) is 9.14. The number of ketones is 1. The molecule has 0 unspecified atom stereocenters. The van der Waals surface area contributed by atoms with Crippen molar-refractivity contribution < 1.29 is 4.79 Å². The fourth-order valence-corrected chi connectivity index (χ4v) is 3.91. The van der Waals surface area contributed by atoms with E-state index in [0.29, 0.717) is 5.56 Å². The van der Waals surface area contributed by atoms with Gasteiger partial charge < -0.3 is 0 Å². The molecule has 4 rings (SSSR count). The second-order valence-electron chi connectivity index (χ2n) is 7.88. The van der Waals surface area contributed by atoms with Crippen molar-refractivity contribution in [3.63, 3.8) is 0 Å². The van der Waals surface area contributed by atoms with Gasteiger partial charge in [-0.05, 0) is 40.5 Å². The minimum absolute atomic E-state index is 0.0121. The lowest BCUT2D eigenvalue weighted by atomic mass is 9.82. The van der Waals surface area contributed by atoms with E-state index in [1.54, 1.807) is 6.20 Å². The van der Waals surface area contributed by atoms with Crippen molar-refractivity contribution >= 4 is 5.78 Å². The van der Waals surface area contributed by atoms with E-state index in [0.717, 1.165) is 11.3 Å². The normalized spacial score (nSPS) is 14.2. The maximum Gasteiger partial charge on any atom is 0.166 e. The molecule has 0 N–H and O–H groups in total. The molecular formula is C24H23NO. The number of Topliss-reactive ketones (excluding diaryl/α,β-unsaturated/α-hetero) is 1. The van der Waals surface area contributed by atoms with Gasteiger partial charge in [-0.25, -0.2) is 0 Å². The third kappa shape index (κ3) is 2.48. The van der Waals surface area contributed by atoms with Gasteiger partial charge in [-0.15, -0.1) is 0 Å². The van der Waals surface area contributed by atoms with Crippen LogP contribution in [0.2, 0.25) is 0 Å². The second-order valence-corrected chi connectivity index (χ2v) is 7.88. The van der Waals surface area contributed by atoms with E-state index in [1.165, 1.54) is 22.3 Å². The number of aromatic nitrogens is 1. The lowest BCUT2D eigenvalue weighted by molar-refractivity contribution is 0.0939. The van der Waals surface area contributed by atoms with Crippen LogP contribution in [0.1, 0.15) is 49.2 Å². The molecule has 2 nitrogen and oxygen atoms in total. The third-order valence-electron chi connectivity index (χ3n) is 5.45. The summed E-state index contributed by atoms with van der Waals surface area (Å²) in [5, 5.41) is 0. The molecule has 130 valence electrons. The van der Waals surface area contributed by atoms with Crippen molar-refractivity contribution in [2.24, 2.45) is 5.92 Å². The number of nitrogens with zero attached hydrogens (tertiary/aromatic N) is 1. The summed E-state index contributed by atoms with van der Waals surface area (Å²) in [5.74, 6) is 0.122. The maximum atomic E-state index is 12.1. The molecule has 0 atom stereocenters. The van der Waals surface area contributed by atoms with Gasteiger partial charge in [0.2, 0.25) is 0 Å². The summed E-state index contributed by atoms with van der Waals surface area (Å²) in [6.07, 6.45) is 1.70. The Balaban J connectivity index is 1.75. The molecule has 1 aliphatic rings. The highest BCUT2D eigenvalue weighted by atomic mass is 16.1. The van der Waals surface area contributed by atoms with E-state index in [9.17, 15) is 4.79 Å². The summed E-state index contributed by atoms with van der Waals surface area (Å²) in [7, 11) is 0. The maximum absolute atomic E-state index is 12.1. The summed E-state index contributed by atoms with van der Waals surface area (Å²) in [5.41, 5.74) is 7.99. The van der Waals surface area contributed by atoms with Crippen LogP contribution in [0.3, 0.4) is 0 Å². The van der Waals surface area contributed by atoms with Crippen molar-refractivity contribution in [2.45, 2.75) is 33.1 Å². The van der Waals surface area contributed by atoms with Crippen LogP contribution in [-0.2, 0) is 5.41 Å². The fourth-order valence-electron chi connectivity index (χ4n) is 3.91. The molecule has 1 heterocycles. The van der Waals surface area contributed by atoms with Crippen LogP contribution in [0.15, 0.2) is 60.8 Å². The molecule has 0 saturated carbocycles. The first-order valence-corrected chi connectivity index (χ1v) is 9.14.